The fourth-order valence-corrected chi connectivity index (χ4v) is 1.90. The second-order valence-electron chi connectivity index (χ2n) is 4.25. The van der Waals surface area contributed by atoms with Gasteiger partial charge in [-0.1, -0.05) is 25.8 Å². The van der Waals surface area contributed by atoms with Crippen LogP contribution in [0.25, 0.3) is 5.65 Å². The maximum Gasteiger partial charge on any atom is 0.138 e. The summed E-state index contributed by atoms with van der Waals surface area (Å²) in [6.07, 6.45) is 7.55. The van der Waals surface area contributed by atoms with Crippen LogP contribution in [0.4, 0.5) is 5.82 Å². The number of hydrogen-bond donors (Lipinski definition) is 1. The van der Waals surface area contributed by atoms with Crippen molar-refractivity contribution in [2.75, 3.05) is 5.32 Å². The highest BCUT2D eigenvalue weighted by molar-refractivity contribution is 5.50. The van der Waals surface area contributed by atoms with Crippen molar-refractivity contribution in [3.63, 3.8) is 0 Å². The first-order valence-corrected chi connectivity index (χ1v) is 6.00. The van der Waals surface area contributed by atoms with E-state index in [4.69, 9.17) is 0 Å². The molecule has 1 atom stereocenters. The second kappa shape index (κ2) is 5.01. The van der Waals surface area contributed by atoms with Gasteiger partial charge in [-0.2, -0.15) is 0 Å². The highest BCUT2D eigenvalue weighted by Crippen LogP contribution is 2.13. The van der Waals surface area contributed by atoms with Crippen LogP contribution < -0.4 is 5.32 Å². The summed E-state index contributed by atoms with van der Waals surface area (Å²) in [5, 5.41) is 3.53. The summed E-state index contributed by atoms with van der Waals surface area (Å²) in [4.78, 5) is 4.27. The molecule has 16 heavy (non-hydrogen) atoms. The van der Waals surface area contributed by atoms with Crippen molar-refractivity contribution < 1.29 is 0 Å². The predicted octanol–water partition coefficient (Wildman–Crippen LogP) is 3.32. The molecule has 0 aliphatic carbocycles. The molecule has 2 rings (SSSR count). The lowest BCUT2D eigenvalue weighted by atomic mass is 10.1. The number of hydrogen-bond acceptors (Lipinski definition) is 2. The van der Waals surface area contributed by atoms with Crippen LogP contribution in [0.15, 0.2) is 30.6 Å². The monoisotopic (exact) mass is 217 g/mol. The van der Waals surface area contributed by atoms with Crippen LogP contribution in [0, 0.1) is 0 Å². The number of aromatic nitrogens is 2. The summed E-state index contributed by atoms with van der Waals surface area (Å²) in [6.45, 7) is 4.45. The molecule has 0 fully saturated rings. The third-order valence-corrected chi connectivity index (χ3v) is 2.81. The van der Waals surface area contributed by atoms with Gasteiger partial charge in [-0.3, -0.25) is 4.40 Å². The molecule has 1 N–H and O–H groups in total. The third-order valence-electron chi connectivity index (χ3n) is 2.81. The Morgan fingerprint density at radius 3 is 3.12 bits per heavy atom. The van der Waals surface area contributed by atoms with E-state index in [0.717, 1.165) is 11.5 Å². The number of nitrogens with zero attached hydrogens (tertiary/aromatic N) is 2. The SMILES string of the molecule is CCCCC(C)Nc1cccc2nccn12. The molecular formula is C13H19N3. The zero-order valence-electron chi connectivity index (χ0n) is 9.98. The zero-order valence-corrected chi connectivity index (χ0v) is 9.98. The minimum Gasteiger partial charge on any atom is -0.369 e. The Hall–Kier alpha value is -1.51. The van der Waals surface area contributed by atoms with E-state index in [1.54, 1.807) is 0 Å². The van der Waals surface area contributed by atoms with Crippen LogP contribution in [0.5, 0.6) is 0 Å². The molecule has 0 aliphatic heterocycles. The minimum absolute atomic E-state index is 0.507. The number of anilines is 1. The fraction of sp³-hybridized carbons (Fsp3) is 0.462. The largest absolute Gasteiger partial charge is 0.369 e. The highest BCUT2D eigenvalue weighted by Gasteiger charge is 2.04. The minimum atomic E-state index is 0.507. The molecule has 0 spiro atoms. The molecule has 1 unspecified atom stereocenters. The average molecular weight is 217 g/mol. The maximum atomic E-state index is 4.27. The van der Waals surface area contributed by atoms with E-state index in [-0.39, 0.29) is 0 Å². The fourth-order valence-electron chi connectivity index (χ4n) is 1.90. The number of unbranched alkanes of at least 4 members (excludes halogenated alkanes) is 1. The van der Waals surface area contributed by atoms with Crippen molar-refractivity contribution in [3.8, 4) is 0 Å². The number of rotatable bonds is 5. The van der Waals surface area contributed by atoms with Crippen molar-refractivity contribution in [1.29, 1.82) is 0 Å². The molecule has 0 radical (unpaired) electrons. The van der Waals surface area contributed by atoms with Crippen LogP contribution in [0.1, 0.15) is 33.1 Å². The van der Waals surface area contributed by atoms with Crippen molar-refractivity contribution >= 4 is 11.5 Å². The van der Waals surface area contributed by atoms with Gasteiger partial charge in [0.2, 0.25) is 0 Å². The van der Waals surface area contributed by atoms with Gasteiger partial charge in [0.15, 0.2) is 0 Å². The Balaban J connectivity index is 2.11. The maximum absolute atomic E-state index is 4.27. The molecule has 86 valence electrons. The quantitative estimate of drug-likeness (QED) is 0.832. The summed E-state index contributed by atoms with van der Waals surface area (Å²) < 4.78 is 2.09. The van der Waals surface area contributed by atoms with Gasteiger partial charge >= 0.3 is 0 Å². The van der Waals surface area contributed by atoms with Crippen molar-refractivity contribution in [2.24, 2.45) is 0 Å². The number of pyridine rings is 1. The van der Waals surface area contributed by atoms with Crippen LogP contribution in [-0.4, -0.2) is 15.4 Å². The van der Waals surface area contributed by atoms with Crippen molar-refractivity contribution in [2.45, 2.75) is 39.2 Å². The predicted molar refractivity (Wildman–Crippen MR) is 67.8 cm³/mol. The third kappa shape index (κ3) is 2.35. The summed E-state index contributed by atoms with van der Waals surface area (Å²) in [5.41, 5.74) is 0.993. The zero-order chi connectivity index (χ0) is 11.4. The molecule has 0 aromatic carbocycles. The molecule has 2 aromatic rings. The molecule has 0 saturated carbocycles. The van der Waals surface area contributed by atoms with Gasteiger partial charge in [-0.15, -0.1) is 0 Å². The van der Waals surface area contributed by atoms with Crippen LogP contribution in [0.2, 0.25) is 0 Å². The summed E-state index contributed by atoms with van der Waals surface area (Å²) in [6, 6.07) is 6.66. The first-order chi connectivity index (χ1) is 7.81. The molecule has 2 aromatic heterocycles. The highest BCUT2D eigenvalue weighted by atomic mass is 15.1. The van der Waals surface area contributed by atoms with Crippen molar-refractivity contribution in [3.05, 3.63) is 30.6 Å². The Morgan fingerprint density at radius 1 is 1.44 bits per heavy atom. The molecule has 0 amide bonds. The van der Waals surface area contributed by atoms with Gasteiger partial charge < -0.3 is 5.32 Å². The van der Waals surface area contributed by atoms with E-state index >= 15 is 0 Å². The Morgan fingerprint density at radius 2 is 2.31 bits per heavy atom. The Labute approximate surface area is 96.5 Å². The van der Waals surface area contributed by atoms with Crippen LogP contribution >= 0.6 is 0 Å². The lowest BCUT2D eigenvalue weighted by molar-refractivity contribution is 0.642. The molecule has 3 heteroatoms. The number of nitrogens with one attached hydrogen (secondary N) is 1. The number of imidazole rings is 1. The van der Waals surface area contributed by atoms with Crippen LogP contribution in [-0.2, 0) is 0 Å². The summed E-state index contributed by atoms with van der Waals surface area (Å²) in [5.74, 6) is 1.12. The van der Waals surface area contributed by atoms with E-state index in [9.17, 15) is 0 Å². The van der Waals surface area contributed by atoms with E-state index in [0.29, 0.717) is 6.04 Å². The lowest BCUT2D eigenvalue weighted by Crippen LogP contribution is -2.16. The van der Waals surface area contributed by atoms with Gasteiger partial charge in [-0.25, -0.2) is 4.98 Å². The Bertz CT molecular complexity index is 447. The smallest absolute Gasteiger partial charge is 0.138 e. The molecule has 0 bridgehead atoms. The average Bonchev–Trinajstić information content (AvgIpc) is 2.75. The standard InChI is InChI=1S/C13H19N3/c1-3-4-6-11(2)15-13-8-5-7-12-14-9-10-16(12)13/h5,7-11,15H,3-4,6H2,1-2H3. The van der Waals surface area contributed by atoms with E-state index in [1.807, 2.05) is 24.5 Å². The van der Waals surface area contributed by atoms with Gasteiger partial charge in [0.25, 0.3) is 0 Å². The van der Waals surface area contributed by atoms with E-state index < -0.39 is 0 Å². The number of fused-ring (bicyclic) bond motifs is 1. The van der Waals surface area contributed by atoms with Gasteiger partial charge in [0.1, 0.15) is 11.5 Å². The lowest BCUT2D eigenvalue weighted by Gasteiger charge is -2.15. The normalized spacial score (nSPS) is 12.9. The first-order valence-electron chi connectivity index (χ1n) is 6.00. The van der Waals surface area contributed by atoms with Gasteiger partial charge in [0.05, 0.1) is 0 Å². The molecule has 3 nitrogen and oxygen atoms in total. The summed E-state index contributed by atoms with van der Waals surface area (Å²) in [7, 11) is 0. The van der Waals surface area contributed by atoms with Crippen molar-refractivity contribution in [1.82, 2.24) is 9.38 Å². The van der Waals surface area contributed by atoms with Crippen LogP contribution in [0.3, 0.4) is 0 Å². The first kappa shape index (κ1) is 11.0. The topological polar surface area (TPSA) is 29.3 Å². The van der Waals surface area contributed by atoms with Gasteiger partial charge in [-0.05, 0) is 25.5 Å². The van der Waals surface area contributed by atoms with E-state index in [2.05, 4.69) is 34.6 Å². The second-order valence-corrected chi connectivity index (χ2v) is 4.25. The molecule has 2 heterocycles. The molecular weight excluding hydrogens is 198 g/mol. The van der Waals surface area contributed by atoms with E-state index in [1.165, 1.54) is 19.3 Å². The summed E-state index contributed by atoms with van der Waals surface area (Å²) >= 11 is 0. The molecule has 0 aliphatic rings. The Kier molecular flexibility index (Phi) is 3.44. The van der Waals surface area contributed by atoms with Gasteiger partial charge in [0, 0.05) is 18.4 Å². The molecule has 0 saturated heterocycles.